The van der Waals surface area contributed by atoms with Crippen LogP contribution >= 0.6 is 0 Å². The highest BCUT2D eigenvalue weighted by atomic mass is 16.2. The number of fused-ring (bicyclic) bond motifs is 1. The van der Waals surface area contributed by atoms with Crippen molar-refractivity contribution in [3.05, 3.63) is 83.7 Å². The summed E-state index contributed by atoms with van der Waals surface area (Å²) >= 11 is 0. The maximum Gasteiger partial charge on any atom is 0.231 e. The van der Waals surface area contributed by atoms with E-state index in [2.05, 4.69) is 39.7 Å². The molecule has 0 saturated heterocycles. The number of benzene rings is 2. The Morgan fingerprint density at radius 2 is 1.76 bits per heavy atom. The van der Waals surface area contributed by atoms with Crippen molar-refractivity contribution in [3.63, 3.8) is 0 Å². The fourth-order valence-corrected chi connectivity index (χ4v) is 3.68. The SMILES string of the molecule is Cc1ccc(-c2ccc3nnc(CNC(=O)C4(c5ccccc5)CC4)n3n2)cc1. The first-order valence-electron chi connectivity index (χ1n) is 9.78. The predicted octanol–water partition coefficient (Wildman–Crippen LogP) is 3.45. The van der Waals surface area contributed by atoms with Crippen LogP contribution in [0.1, 0.15) is 29.8 Å². The highest BCUT2D eigenvalue weighted by Crippen LogP contribution is 2.48. The fraction of sp³-hybridized carbons (Fsp3) is 0.217. The van der Waals surface area contributed by atoms with Gasteiger partial charge in [0.15, 0.2) is 11.5 Å². The van der Waals surface area contributed by atoms with Crippen LogP contribution in [0.15, 0.2) is 66.7 Å². The van der Waals surface area contributed by atoms with Crippen LogP contribution in [0.3, 0.4) is 0 Å². The lowest BCUT2D eigenvalue weighted by molar-refractivity contribution is -0.123. The summed E-state index contributed by atoms with van der Waals surface area (Å²) in [4.78, 5) is 12.9. The van der Waals surface area contributed by atoms with Crippen molar-refractivity contribution in [1.82, 2.24) is 25.1 Å². The third-order valence-corrected chi connectivity index (χ3v) is 5.59. The topological polar surface area (TPSA) is 72.2 Å². The molecule has 0 unspecified atom stereocenters. The predicted molar refractivity (Wildman–Crippen MR) is 110 cm³/mol. The fourth-order valence-electron chi connectivity index (χ4n) is 3.68. The molecule has 2 aromatic heterocycles. The molecule has 1 aliphatic rings. The standard InChI is InChI=1S/C23H21N5O/c1-16-7-9-17(10-8-16)19-11-12-20-25-26-21(28(20)27-19)15-24-22(29)23(13-14-23)18-5-3-2-4-6-18/h2-12H,13-15H2,1H3,(H,24,29). The first kappa shape index (κ1) is 17.6. The molecule has 0 radical (unpaired) electrons. The van der Waals surface area contributed by atoms with Gasteiger partial charge in [0.25, 0.3) is 0 Å². The van der Waals surface area contributed by atoms with Crippen LogP contribution in [0.5, 0.6) is 0 Å². The number of nitrogens with one attached hydrogen (secondary N) is 1. The molecule has 6 heteroatoms. The Hall–Kier alpha value is -3.54. The molecule has 4 aromatic rings. The van der Waals surface area contributed by atoms with Crippen molar-refractivity contribution in [2.24, 2.45) is 0 Å². The Morgan fingerprint density at radius 3 is 2.48 bits per heavy atom. The molecule has 29 heavy (non-hydrogen) atoms. The highest BCUT2D eigenvalue weighted by Gasteiger charge is 2.51. The maximum absolute atomic E-state index is 12.9. The average Bonchev–Trinajstić information content (AvgIpc) is 3.48. The average molecular weight is 383 g/mol. The third-order valence-electron chi connectivity index (χ3n) is 5.59. The number of aromatic nitrogens is 4. The van der Waals surface area contributed by atoms with E-state index in [0.717, 1.165) is 29.7 Å². The normalized spacial score (nSPS) is 14.7. The van der Waals surface area contributed by atoms with Gasteiger partial charge >= 0.3 is 0 Å². The van der Waals surface area contributed by atoms with Crippen molar-refractivity contribution >= 4 is 11.6 Å². The Kier molecular flexibility index (Phi) is 4.12. The zero-order valence-corrected chi connectivity index (χ0v) is 16.2. The van der Waals surface area contributed by atoms with Gasteiger partial charge in [0.05, 0.1) is 17.7 Å². The lowest BCUT2D eigenvalue weighted by atomic mass is 9.95. The van der Waals surface area contributed by atoms with Gasteiger partial charge in [-0.3, -0.25) is 4.79 Å². The number of hydrogen-bond donors (Lipinski definition) is 1. The van der Waals surface area contributed by atoms with Gasteiger partial charge in [-0.1, -0.05) is 60.2 Å². The molecular formula is C23H21N5O. The van der Waals surface area contributed by atoms with Gasteiger partial charge in [0.1, 0.15) is 0 Å². The molecule has 1 amide bonds. The van der Waals surface area contributed by atoms with Crippen LogP contribution in [0.4, 0.5) is 0 Å². The van der Waals surface area contributed by atoms with Crippen molar-refractivity contribution in [2.75, 3.05) is 0 Å². The Labute approximate surface area is 168 Å². The monoisotopic (exact) mass is 383 g/mol. The number of nitrogens with zero attached hydrogens (tertiary/aromatic N) is 4. The van der Waals surface area contributed by atoms with E-state index in [1.165, 1.54) is 5.56 Å². The number of aryl methyl sites for hydroxylation is 1. The quantitative estimate of drug-likeness (QED) is 0.573. The van der Waals surface area contributed by atoms with Gasteiger partial charge in [-0.25, -0.2) is 0 Å². The smallest absolute Gasteiger partial charge is 0.231 e. The molecule has 2 aromatic carbocycles. The van der Waals surface area contributed by atoms with Crippen LogP contribution in [-0.4, -0.2) is 25.7 Å². The Morgan fingerprint density at radius 1 is 1.00 bits per heavy atom. The summed E-state index contributed by atoms with van der Waals surface area (Å²) in [6, 6.07) is 22.0. The summed E-state index contributed by atoms with van der Waals surface area (Å²) in [7, 11) is 0. The first-order chi connectivity index (χ1) is 14.2. The lowest BCUT2D eigenvalue weighted by Crippen LogP contribution is -2.34. The molecule has 1 aliphatic carbocycles. The van der Waals surface area contributed by atoms with Crippen LogP contribution in [0.2, 0.25) is 0 Å². The van der Waals surface area contributed by atoms with Crippen LogP contribution < -0.4 is 5.32 Å². The van der Waals surface area contributed by atoms with E-state index < -0.39 is 5.41 Å². The third kappa shape index (κ3) is 3.16. The zero-order chi connectivity index (χ0) is 19.8. The number of carbonyl (C=O) groups excluding carboxylic acids is 1. The molecule has 144 valence electrons. The molecule has 0 atom stereocenters. The van der Waals surface area contributed by atoms with Gasteiger partial charge in [-0.2, -0.15) is 9.61 Å². The maximum atomic E-state index is 12.9. The summed E-state index contributed by atoms with van der Waals surface area (Å²) in [5.41, 5.74) is 4.41. The Bertz CT molecular complexity index is 1180. The number of amides is 1. The zero-order valence-electron chi connectivity index (χ0n) is 16.2. The minimum Gasteiger partial charge on any atom is -0.348 e. The lowest BCUT2D eigenvalue weighted by Gasteiger charge is -2.15. The molecular weight excluding hydrogens is 362 g/mol. The van der Waals surface area contributed by atoms with Crippen molar-refractivity contribution in [3.8, 4) is 11.3 Å². The molecule has 2 heterocycles. The molecule has 1 saturated carbocycles. The summed E-state index contributed by atoms with van der Waals surface area (Å²) < 4.78 is 1.71. The van der Waals surface area contributed by atoms with Crippen molar-refractivity contribution in [1.29, 1.82) is 0 Å². The largest absolute Gasteiger partial charge is 0.348 e. The van der Waals surface area contributed by atoms with Gasteiger partial charge in [0, 0.05) is 5.56 Å². The second-order valence-corrected chi connectivity index (χ2v) is 7.60. The second-order valence-electron chi connectivity index (χ2n) is 7.60. The molecule has 6 nitrogen and oxygen atoms in total. The molecule has 0 spiro atoms. The van der Waals surface area contributed by atoms with Gasteiger partial charge in [0.2, 0.25) is 5.91 Å². The highest BCUT2D eigenvalue weighted by molar-refractivity contribution is 5.91. The minimum atomic E-state index is -0.401. The number of rotatable bonds is 5. The van der Waals surface area contributed by atoms with E-state index in [9.17, 15) is 4.79 Å². The van der Waals surface area contributed by atoms with Gasteiger partial charge in [-0.05, 0) is 37.5 Å². The molecule has 0 aliphatic heterocycles. The summed E-state index contributed by atoms with van der Waals surface area (Å²) in [5, 5.41) is 16.1. The molecule has 1 N–H and O–H groups in total. The molecule has 0 bridgehead atoms. The van der Waals surface area contributed by atoms with E-state index in [1.807, 2.05) is 54.6 Å². The summed E-state index contributed by atoms with van der Waals surface area (Å²) in [6.07, 6.45) is 1.75. The van der Waals surface area contributed by atoms with Crippen molar-refractivity contribution in [2.45, 2.75) is 31.7 Å². The minimum absolute atomic E-state index is 0.0372. The molecule has 1 fully saturated rings. The van der Waals surface area contributed by atoms with E-state index in [-0.39, 0.29) is 5.91 Å². The number of carbonyl (C=O) groups is 1. The van der Waals surface area contributed by atoms with Crippen LogP contribution in [0.25, 0.3) is 16.9 Å². The van der Waals surface area contributed by atoms with Gasteiger partial charge < -0.3 is 5.32 Å². The summed E-state index contributed by atoms with van der Waals surface area (Å²) in [5.74, 6) is 0.654. The van der Waals surface area contributed by atoms with Crippen LogP contribution in [0, 0.1) is 6.92 Å². The summed E-state index contributed by atoms with van der Waals surface area (Å²) in [6.45, 7) is 2.35. The molecule has 5 rings (SSSR count). The van der Waals surface area contributed by atoms with Crippen molar-refractivity contribution < 1.29 is 4.79 Å². The van der Waals surface area contributed by atoms with E-state index in [0.29, 0.717) is 18.0 Å². The van der Waals surface area contributed by atoms with Crippen LogP contribution in [-0.2, 0) is 16.8 Å². The van der Waals surface area contributed by atoms with E-state index >= 15 is 0 Å². The Balaban J connectivity index is 1.38. The second kappa shape index (κ2) is 6.81. The van der Waals surface area contributed by atoms with E-state index in [4.69, 9.17) is 0 Å². The van der Waals surface area contributed by atoms with E-state index in [1.54, 1.807) is 4.52 Å². The number of hydrogen-bond acceptors (Lipinski definition) is 4. The van der Waals surface area contributed by atoms with Gasteiger partial charge in [-0.15, -0.1) is 10.2 Å². The first-order valence-corrected chi connectivity index (χ1v) is 9.78.